The summed E-state index contributed by atoms with van der Waals surface area (Å²) in [6, 6.07) is 0.158. The third kappa shape index (κ3) is 3.57. The highest BCUT2D eigenvalue weighted by Crippen LogP contribution is 2.39. The Morgan fingerprint density at radius 1 is 1.19 bits per heavy atom. The Labute approximate surface area is 133 Å². The lowest BCUT2D eigenvalue weighted by molar-refractivity contribution is -0.143. The van der Waals surface area contributed by atoms with Gasteiger partial charge in [-0.05, 0) is 38.5 Å². The first kappa shape index (κ1) is 16.7. The SMILES string of the molecule is NC(=S)C1(C(=O)N2CCCCC2CCO)CCCCCC1. The van der Waals surface area contributed by atoms with Crippen LogP contribution in [0.1, 0.15) is 64.2 Å². The van der Waals surface area contributed by atoms with Gasteiger partial charge >= 0.3 is 0 Å². The van der Waals surface area contributed by atoms with Gasteiger partial charge in [-0.1, -0.05) is 37.9 Å². The fourth-order valence-corrected chi connectivity index (χ4v) is 4.18. The highest BCUT2D eigenvalue weighted by molar-refractivity contribution is 7.80. The molecule has 0 aromatic heterocycles. The lowest BCUT2D eigenvalue weighted by atomic mass is 9.77. The number of carbonyl (C=O) groups is 1. The molecule has 0 radical (unpaired) electrons. The molecule has 1 saturated carbocycles. The van der Waals surface area contributed by atoms with E-state index in [1.807, 2.05) is 4.90 Å². The lowest BCUT2D eigenvalue weighted by Gasteiger charge is -2.42. The van der Waals surface area contributed by atoms with E-state index in [1.165, 1.54) is 0 Å². The third-order valence-corrected chi connectivity index (χ3v) is 5.58. The highest BCUT2D eigenvalue weighted by atomic mass is 32.1. The lowest BCUT2D eigenvalue weighted by Crippen LogP contribution is -2.55. The summed E-state index contributed by atoms with van der Waals surface area (Å²) in [6.07, 6.45) is 9.81. The smallest absolute Gasteiger partial charge is 0.235 e. The Hall–Kier alpha value is -0.680. The number of thiocarbonyl (C=S) groups is 1. The molecule has 1 aliphatic heterocycles. The molecule has 0 bridgehead atoms. The molecule has 0 aromatic rings. The number of amides is 1. The van der Waals surface area contributed by atoms with Crippen LogP contribution in [0.25, 0.3) is 0 Å². The molecule has 4 nitrogen and oxygen atoms in total. The third-order valence-electron chi connectivity index (χ3n) is 5.19. The molecule has 0 aromatic carbocycles. The van der Waals surface area contributed by atoms with E-state index < -0.39 is 5.41 Å². The Bertz CT molecular complexity index is 376. The van der Waals surface area contributed by atoms with Crippen molar-refractivity contribution in [3.05, 3.63) is 0 Å². The first-order chi connectivity index (χ1) is 10.1. The van der Waals surface area contributed by atoms with Crippen molar-refractivity contribution < 1.29 is 9.90 Å². The van der Waals surface area contributed by atoms with Gasteiger partial charge in [0.15, 0.2) is 0 Å². The standard InChI is InChI=1S/C16H28N2O2S/c17-14(21)16(9-4-1-2-5-10-16)15(20)18-11-6-3-7-13(18)8-12-19/h13,19H,1-12H2,(H2,17,21). The summed E-state index contributed by atoms with van der Waals surface area (Å²) < 4.78 is 0. The maximum absolute atomic E-state index is 13.2. The van der Waals surface area contributed by atoms with Crippen LogP contribution < -0.4 is 5.73 Å². The van der Waals surface area contributed by atoms with E-state index in [0.717, 1.165) is 64.3 Å². The van der Waals surface area contributed by atoms with Gasteiger partial charge in [0.05, 0.1) is 10.4 Å². The van der Waals surface area contributed by atoms with E-state index in [9.17, 15) is 9.90 Å². The maximum Gasteiger partial charge on any atom is 0.235 e. The van der Waals surface area contributed by atoms with Crippen LogP contribution in [0, 0.1) is 5.41 Å². The fourth-order valence-electron chi connectivity index (χ4n) is 3.89. The second kappa shape index (κ2) is 7.54. The summed E-state index contributed by atoms with van der Waals surface area (Å²) >= 11 is 5.32. The van der Waals surface area contributed by atoms with E-state index in [2.05, 4.69) is 0 Å². The van der Waals surface area contributed by atoms with Crippen molar-refractivity contribution >= 4 is 23.1 Å². The predicted molar refractivity (Wildman–Crippen MR) is 88.0 cm³/mol. The van der Waals surface area contributed by atoms with Gasteiger partial charge in [0.25, 0.3) is 0 Å². The second-order valence-corrected chi connectivity index (χ2v) is 6.96. The number of piperidine rings is 1. The van der Waals surface area contributed by atoms with Crippen molar-refractivity contribution in [2.75, 3.05) is 13.2 Å². The molecule has 2 rings (SSSR count). The molecular formula is C16H28N2O2S. The number of rotatable bonds is 4. The number of aliphatic hydroxyl groups excluding tert-OH is 1. The maximum atomic E-state index is 13.2. The van der Waals surface area contributed by atoms with Crippen LogP contribution in [0.4, 0.5) is 0 Å². The molecule has 1 heterocycles. The largest absolute Gasteiger partial charge is 0.396 e. The van der Waals surface area contributed by atoms with Crippen molar-refractivity contribution in [1.29, 1.82) is 0 Å². The van der Waals surface area contributed by atoms with E-state index in [0.29, 0.717) is 11.4 Å². The van der Waals surface area contributed by atoms with Crippen molar-refractivity contribution in [1.82, 2.24) is 4.90 Å². The summed E-state index contributed by atoms with van der Waals surface area (Å²) in [6.45, 7) is 0.919. The molecule has 2 aliphatic rings. The average molecular weight is 312 g/mol. The molecule has 0 spiro atoms. The molecule has 1 aliphatic carbocycles. The summed E-state index contributed by atoms with van der Waals surface area (Å²) in [5.41, 5.74) is 5.41. The normalized spacial score (nSPS) is 26.1. The molecule has 5 heteroatoms. The van der Waals surface area contributed by atoms with Crippen LogP contribution >= 0.6 is 12.2 Å². The van der Waals surface area contributed by atoms with E-state index >= 15 is 0 Å². The number of hydrogen-bond donors (Lipinski definition) is 2. The zero-order valence-corrected chi connectivity index (χ0v) is 13.7. The molecule has 3 N–H and O–H groups in total. The van der Waals surface area contributed by atoms with Gasteiger partial charge in [-0.2, -0.15) is 0 Å². The molecule has 1 unspecified atom stereocenters. The minimum absolute atomic E-state index is 0.133. The molecule has 120 valence electrons. The fraction of sp³-hybridized carbons (Fsp3) is 0.875. The summed E-state index contributed by atoms with van der Waals surface area (Å²) in [5.74, 6) is 0.134. The van der Waals surface area contributed by atoms with Crippen molar-refractivity contribution in [2.24, 2.45) is 11.1 Å². The quantitative estimate of drug-likeness (QED) is 0.618. The van der Waals surface area contributed by atoms with Crippen molar-refractivity contribution in [2.45, 2.75) is 70.3 Å². The first-order valence-corrected chi connectivity index (χ1v) is 8.74. The number of aliphatic hydroxyl groups is 1. The number of nitrogens with zero attached hydrogens (tertiary/aromatic N) is 1. The molecule has 1 atom stereocenters. The van der Waals surface area contributed by atoms with E-state index in [1.54, 1.807) is 0 Å². The Balaban J connectivity index is 2.21. The van der Waals surface area contributed by atoms with Gasteiger partial charge in [0, 0.05) is 19.2 Å². The Kier molecular flexibility index (Phi) is 5.99. The number of likely N-dealkylation sites (tertiary alicyclic amines) is 1. The van der Waals surface area contributed by atoms with E-state index in [4.69, 9.17) is 18.0 Å². The molecule has 1 saturated heterocycles. The minimum Gasteiger partial charge on any atom is -0.396 e. The molecule has 1 amide bonds. The van der Waals surface area contributed by atoms with Crippen LogP contribution in [0.2, 0.25) is 0 Å². The summed E-state index contributed by atoms with van der Waals surface area (Å²) in [5, 5.41) is 9.26. The molecule has 21 heavy (non-hydrogen) atoms. The zero-order chi connectivity index (χ0) is 15.3. The molecular weight excluding hydrogens is 284 g/mol. The van der Waals surface area contributed by atoms with Gasteiger partial charge in [0.1, 0.15) is 0 Å². The van der Waals surface area contributed by atoms with Gasteiger partial charge < -0.3 is 15.7 Å². The van der Waals surface area contributed by atoms with Crippen molar-refractivity contribution in [3.8, 4) is 0 Å². The predicted octanol–water partition coefficient (Wildman–Crippen LogP) is 2.38. The topological polar surface area (TPSA) is 66.6 Å². The van der Waals surface area contributed by atoms with Crippen LogP contribution in [0.3, 0.4) is 0 Å². The van der Waals surface area contributed by atoms with Gasteiger partial charge in [-0.15, -0.1) is 0 Å². The number of hydrogen-bond acceptors (Lipinski definition) is 3. The van der Waals surface area contributed by atoms with Crippen LogP contribution in [-0.4, -0.2) is 40.1 Å². The van der Waals surface area contributed by atoms with Crippen LogP contribution in [0.15, 0.2) is 0 Å². The zero-order valence-electron chi connectivity index (χ0n) is 12.9. The summed E-state index contributed by atoms with van der Waals surface area (Å²) in [4.78, 5) is 15.6. The van der Waals surface area contributed by atoms with Crippen LogP contribution in [0.5, 0.6) is 0 Å². The van der Waals surface area contributed by atoms with E-state index in [-0.39, 0.29) is 18.6 Å². The average Bonchev–Trinajstić information content (AvgIpc) is 2.74. The number of nitrogens with two attached hydrogens (primary N) is 1. The van der Waals surface area contributed by atoms with Gasteiger partial charge in [-0.3, -0.25) is 4.79 Å². The monoisotopic (exact) mass is 312 g/mol. The first-order valence-electron chi connectivity index (χ1n) is 8.33. The molecule has 2 fully saturated rings. The highest BCUT2D eigenvalue weighted by Gasteiger charge is 2.45. The second-order valence-electron chi connectivity index (χ2n) is 6.52. The van der Waals surface area contributed by atoms with Gasteiger partial charge in [0.2, 0.25) is 5.91 Å². The Morgan fingerprint density at radius 2 is 1.86 bits per heavy atom. The minimum atomic E-state index is -0.628. The van der Waals surface area contributed by atoms with Crippen LogP contribution in [-0.2, 0) is 4.79 Å². The van der Waals surface area contributed by atoms with Crippen molar-refractivity contribution in [3.63, 3.8) is 0 Å². The number of carbonyl (C=O) groups excluding carboxylic acids is 1. The van der Waals surface area contributed by atoms with Gasteiger partial charge in [-0.25, -0.2) is 0 Å². The summed E-state index contributed by atoms with van der Waals surface area (Å²) in [7, 11) is 0. The Morgan fingerprint density at radius 3 is 2.43 bits per heavy atom.